The van der Waals surface area contributed by atoms with Crippen LogP contribution in [0.2, 0.25) is 0 Å². The first-order chi connectivity index (χ1) is 8.80. The number of nitrogens with two attached hydrogens (primary N) is 1. The van der Waals surface area contributed by atoms with Crippen molar-refractivity contribution in [1.29, 1.82) is 0 Å². The molecule has 0 bridgehead atoms. The molecule has 1 aromatic heterocycles. The average Bonchev–Trinajstić information content (AvgIpc) is 2.88. The molecular formula is C14H26N4. The molecule has 1 aliphatic rings. The Morgan fingerprint density at radius 3 is 3.00 bits per heavy atom. The van der Waals surface area contributed by atoms with Gasteiger partial charge >= 0.3 is 0 Å². The highest BCUT2D eigenvalue weighted by Gasteiger charge is 2.26. The van der Waals surface area contributed by atoms with E-state index in [0.717, 1.165) is 12.5 Å². The van der Waals surface area contributed by atoms with Crippen LogP contribution in [0, 0.1) is 5.92 Å². The first-order valence-electron chi connectivity index (χ1n) is 7.24. The molecule has 0 radical (unpaired) electrons. The van der Waals surface area contributed by atoms with Gasteiger partial charge < -0.3 is 10.3 Å². The standard InChI is InChI=1S/C14H26N4/c1-3-12-6-5-7-18(10-12)13(8-15)14-9-16-11-17(14)4-2/h9,11-13H,3-8,10,15H2,1-2H3. The molecule has 4 nitrogen and oxygen atoms in total. The van der Waals surface area contributed by atoms with Crippen molar-refractivity contribution in [3.05, 3.63) is 18.2 Å². The van der Waals surface area contributed by atoms with Crippen molar-refractivity contribution in [2.75, 3.05) is 19.6 Å². The zero-order valence-electron chi connectivity index (χ0n) is 11.7. The molecule has 1 saturated heterocycles. The van der Waals surface area contributed by atoms with Crippen molar-refractivity contribution in [2.45, 2.75) is 45.7 Å². The average molecular weight is 250 g/mol. The molecule has 18 heavy (non-hydrogen) atoms. The molecule has 2 N–H and O–H groups in total. The predicted octanol–water partition coefficient (Wildman–Crippen LogP) is 2.02. The number of piperidine rings is 1. The Morgan fingerprint density at radius 1 is 1.50 bits per heavy atom. The SMILES string of the molecule is CCC1CCCN(C(CN)c2cncn2CC)C1. The summed E-state index contributed by atoms with van der Waals surface area (Å²) in [6.07, 6.45) is 7.85. The number of hydrogen-bond acceptors (Lipinski definition) is 3. The summed E-state index contributed by atoms with van der Waals surface area (Å²) in [5.41, 5.74) is 7.30. The van der Waals surface area contributed by atoms with Crippen LogP contribution in [-0.2, 0) is 6.54 Å². The summed E-state index contributed by atoms with van der Waals surface area (Å²) < 4.78 is 2.22. The molecule has 0 amide bonds. The molecule has 0 aliphatic carbocycles. The van der Waals surface area contributed by atoms with Gasteiger partial charge in [0.25, 0.3) is 0 Å². The number of rotatable bonds is 5. The number of hydrogen-bond donors (Lipinski definition) is 1. The maximum Gasteiger partial charge on any atom is 0.0948 e. The van der Waals surface area contributed by atoms with E-state index in [0.29, 0.717) is 12.6 Å². The van der Waals surface area contributed by atoms with Gasteiger partial charge in [-0.2, -0.15) is 0 Å². The lowest BCUT2D eigenvalue weighted by atomic mass is 9.94. The fourth-order valence-electron chi connectivity index (χ4n) is 3.04. The Hall–Kier alpha value is -0.870. The van der Waals surface area contributed by atoms with Crippen molar-refractivity contribution >= 4 is 0 Å². The molecule has 0 spiro atoms. The van der Waals surface area contributed by atoms with Crippen LogP contribution in [-0.4, -0.2) is 34.1 Å². The second kappa shape index (κ2) is 6.34. The van der Waals surface area contributed by atoms with E-state index >= 15 is 0 Å². The Morgan fingerprint density at radius 2 is 2.33 bits per heavy atom. The second-order valence-electron chi connectivity index (χ2n) is 5.27. The maximum absolute atomic E-state index is 6.02. The normalized spacial score (nSPS) is 23.2. The highest BCUT2D eigenvalue weighted by molar-refractivity contribution is 5.07. The minimum Gasteiger partial charge on any atom is -0.333 e. The molecule has 2 unspecified atom stereocenters. The van der Waals surface area contributed by atoms with E-state index in [1.807, 2.05) is 12.5 Å². The number of aryl methyl sites for hydroxylation is 1. The van der Waals surface area contributed by atoms with E-state index in [1.165, 1.54) is 38.0 Å². The minimum absolute atomic E-state index is 0.335. The molecule has 1 aromatic rings. The lowest BCUT2D eigenvalue weighted by Crippen LogP contribution is -2.41. The zero-order valence-corrected chi connectivity index (χ0v) is 11.7. The van der Waals surface area contributed by atoms with E-state index in [2.05, 4.69) is 28.3 Å². The molecule has 2 atom stereocenters. The van der Waals surface area contributed by atoms with E-state index < -0.39 is 0 Å². The fraction of sp³-hybridized carbons (Fsp3) is 0.786. The second-order valence-corrected chi connectivity index (χ2v) is 5.27. The van der Waals surface area contributed by atoms with Crippen molar-refractivity contribution in [1.82, 2.24) is 14.5 Å². The summed E-state index contributed by atoms with van der Waals surface area (Å²) in [5, 5.41) is 0. The molecule has 0 saturated carbocycles. The first kappa shape index (κ1) is 13.6. The van der Waals surface area contributed by atoms with Crippen LogP contribution in [0.15, 0.2) is 12.5 Å². The third kappa shape index (κ3) is 2.75. The lowest BCUT2D eigenvalue weighted by Gasteiger charge is -2.37. The van der Waals surface area contributed by atoms with Gasteiger partial charge in [0.05, 0.1) is 18.1 Å². The van der Waals surface area contributed by atoms with Gasteiger partial charge in [0, 0.05) is 25.8 Å². The molecule has 2 rings (SSSR count). The van der Waals surface area contributed by atoms with Gasteiger partial charge in [-0.05, 0) is 32.2 Å². The smallest absolute Gasteiger partial charge is 0.0948 e. The highest BCUT2D eigenvalue weighted by Crippen LogP contribution is 2.27. The minimum atomic E-state index is 0.335. The van der Waals surface area contributed by atoms with Gasteiger partial charge in [-0.15, -0.1) is 0 Å². The van der Waals surface area contributed by atoms with Crippen molar-refractivity contribution in [3.8, 4) is 0 Å². The Balaban J connectivity index is 2.13. The molecule has 1 fully saturated rings. The van der Waals surface area contributed by atoms with Gasteiger partial charge in [-0.3, -0.25) is 4.90 Å². The van der Waals surface area contributed by atoms with Crippen molar-refractivity contribution < 1.29 is 0 Å². The van der Waals surface area contributed by atoms with Crippen LogP contribution in [0.3, 0.4) is 0 Å². The monoisotopic (exact) mass is 250 g/mol. The summed E-state index contributed by atoms with van der Waals surface area (Å²) in [7, 11) is 0. The van der Waals surface area contributed by atoms with Crippen LogP contribution in [0.5, 0.6) is 0 Å². The Kier molecular flexibility index (Phi) is 4.78. The quantitative estimate of drug-likeness (QED) is 0.869. The van der Waals surface area contributed by atoms with Crippen LogP contribution < -0.4 is 5.73 Å². The molecule has 1 aliphatic heterocycles. The number of imidazole rings is 1. The summed E-state index contributed by atoms with van der Waals surface area (Å²) >= 11 is 0. The van der Waals surface area contributed by atoms with E-state index in [1.54, 1.807) is 0 Å². The third-order valence-electron chi connectivity index (χ3n) is 4.22. The molecule has 102 valence electrons. The van der Waals surface area contributed by atoms with E-state index in [4.69, 9.17) is 5.73 Å². The van der Waals surface area contributed by atoms with Crippen LogP contribution in [0.4, 0.5) is 0 Å². The largest absolute Gasteiger partial charge is 0.333 e. The zero-order chi connectivity index (χ0) is 13.0. The van der Waals surface area contributed by atoms with Crippen LogP contribution in [0.1, 0.15) is 44.8 Å². The molecule has 0 aromatic carbocycles. The van der Waals surface area contributed by atoms with Crippen LogP contribution in [0.25, 0.3) is 0 Å². The van der Waals surface area contributed by atoms with E-state index in [9.17, 15) is 0 Å². The Labute approximate surface area is 110 Å². The number of likely N-dealkylation sites (tertiary alicyclic amines) is 1. The summed E-state index contributed by atoms with van der Waals surface area (Å²) in [4.78, 5) is 6.83. The topological polar surface area (TPSA) is 47.1 Å². The lowest BCUT2D eigenvalue weighted by molar-refractivity contribution is 0.120. The molecular weight excluding hydrogens is 224 g/mol. The fourth-order valence-corrected chi connectivity index (χ4v) is 3.04. The first-order valence-corrected chi connectivity index (χ1v) is 7.24. The molecule has 2 heterocycles. The summed E-state index contributed by atoms with van der Waals surface area (Å²) in [6.45, 7) is 8.46. The number of nitrogens with zero attached hydrogens (tertiary/aromatic N) is 3. The van der Waals surface area contributed by atoms with Crippen LogP contribution >= 0.6 is 0 Å². The van der Waals surface area contributed by atoms with Crippen molar-refractivity contribution in [3.63, 3.8) is 0 Å². The van der Waals surface area contributed by atoms with Crippen molar-refractivity contribution in [2.24, 2.45) is 11.7 Å². The van der Waals surface area contributed by atoms with E-state index in [-0.39, 0.29) is 0 Å². The van der Waals surface area contributed by atoms with Gasteiger partial charge in [-0.25, -0.2) is 4.98 Å². The molecule has 4 heteroatoms. The predicted molar refractivity (Wildman–Crippen MR) is 74.3 cm³/mol. The third-order valence-corrected chi connectivity index (χ3v) is 4.22. The van der Waals surface area contributed by atoms with Gasteiger partial charge in [0.1, 0.15) is 0 Å². The Bertz CT molecular complexity index is 360. The highest BCUT2D eigenvalue weighted by atomic mass is 15.2. The van der Waals surface area contributed by atoms with Gasteiger partial charge in [0.15, 0.2) is 0 Å². The van der Waals surface area contributed by atoms with Gasteiger partial charge in [0.2, 0.25) is 0 Å². The van der Waals surface area contributed by atoms with Gasteiger partial charge in [-0.1, -0.05) is 13.3 Å². The summed E-state index contributed by atoms with van der Waals surface area (Å²) in [5.74, 6) is 0.839. The number of aromatic nitrogens is 2. The maximum atomic E-state index is 6.02. The summed E-state index contributed by atoms with van der Waals surface area (Å²) in [6, 6.07) is 0.335.